The maximum absolute atomic E-state index is 11.8. The molecule has 0 saturated carbocycles. The Morgan fingerprint density at radius 1 is 1.53 bits per heavy atom. The van der Waals surface area contributed by atoms with Crippen LogP contribution in [0.2, 0.25) is 0 Å². The van der Waals surface area contributed by atoms with E-state index in [-0.39, 0.29) is 5.69 Å². The van der Waals surface area contributed by atoms with Gasteiger partial charge in [-0.05, 0) is 6.07 Å². The molecule has 3 N–H and O–H groups in total. The summed E-state index contributed by atoms with van der Waals surface area (Å²) >= 11 is 0. The Kier molecular flexibility index (Phi) is 4.22. The number of amides is 1. The van der Waals surface area contributed by atoms with E-state index in [9.17, 15) is 26.4 Å². The molecule has 1 aromatic heterocycles. The molecule has 0 aliphatic rings. The van der Waals surface area contributed by atoms with Crippen LogP contribution in [0.5, 0.6) is 0 Å². The third-order valence-corrected chi connectivity index (χ3v) is 3.13. The fourth-order valence-corrected chi connectivity index (χ4v) is 2.04. The van der Waals surface area contributed by atoms with Crippen LogP contribution in [-0.4, -0.2) is 31.7 Å². The number of nitrogens with one attached hydrogen (secondary N) is 1. The Bertz CT molecular complexity index is 579. The molecular weight excluding hydrogens is 291 g/mol. The van der Waals surface area contributed by atoms with Gasteiger partial charge >= 0.3 is 6.18 Å². The monoisotopic (exact) mass is 301 g/mol. The molecule has 0 radical (unpaired) electrons. The minimum Gasteiger partial charge on any atom is -0.364 e. The molecule has 1 amide bonds. The molecule has 19 heavy (non-hydrogen) atoms. The summed E-state index contributed by atoms with van der Waals surface area (Å²) in [5, 5.41) is 0. The number of primary amides is 1. The van der Waals surface area contributed by atoms with Gasteiger partial charge < -0.3 is 10.3 Å². The van der Waals surface area contributed by atoms with E-state index in [0.29, 0.717) is 0 Å². The maximum atomic E-state index is 11.8. The Hall–Kier alpha value is -1.59. The minimum absolute atomic E-state index is 0.115. The Balaban J connectivity index is 2.84. The smallest absolute Gasteiger partial charge is 0.364 e. The van der Waals surface area contributed by atoms with Crippen molar-refractivity contribution in [2.75, 3.05) is 6.61 Å². The van der Waals surface area contributed by atoms with Gasteiger partial charge in [0.15, 0.2) is 6.61 Å². The molecule has 0 spiro atoms. The molecule has 1 rings (SSSR count). The lowest BCUT2D eigenvalue weighted by molar-refractivity contribution is -0.181. The van der Waals surface area contributed by atoms with Gasteiger partial charge in [0, 0.05) is 13.2 Å². The van der Waals surface area contributed by atoms with Crippen molar-refractivity contribution in [1.82, 2.24) is 9.45 Å². The number of carbonyl (C=O) groups excluding carboxylic acids is 1. The standard InChI is InChI=1S/C8H10F3N3O4S/c1-14-3-5(2-6(14)7(12)15)19(16,17)13-18-4-8(9,10)11/h2-3,13H,4H2,1H3,(H2,12,15). The molecule has 0 aliphatic carbocycles. The molecule has 0 aromatic carbocycles. The highest BCUT2D eigenvalue weighted by Gasteiger charge is 2.29. The van der Waals surface area contributed by atoms with Gasteiger partial charge in [0.25, 0.3) is 15.9 Å². The predicted molar refractivity (Wildman–Crippen MR) is 56.3 cm³/mol. The molecule has 0 unspecified atom stereocenters. The summed E-state index contributed by atoms with van der Waals surface area (Å²) in [6.07, 6.45) is -3.66. The molecule has 11 heteroatoms. The number of aromatic nitrogens is 1. The normalized spacial score (nSPS) is 12.6. The van der Waals surface area contributed by atoms with E-state index < -0.39 is 33.6 Å². The third-order valence-electron chi connectivity index (χ3n) is 1.95. The second-order valence-electron chi connectivity index (χ2n) is 3.53. The number of carbonyl (C=O) groups is 1. The van der Waals surface area contributed by atoms with Gasteiger partial charge in [0.1, 0.15) is 10.6 Å². The molecule has 0 fully saturated rings. The molecule has 108 valence electrons. The lowest BCUT2D eigenvalue weighted by atomic mass is 10.4. The first-order chi connectivity index (χ1) is 8.53. The molecule has 0 aliphatic heterocycles. The second kappa shape index (κ2) is 5.19. The predicted octanol–water partition coefficient (Wildman–Crippen LogP) is -0.104. The van der Waals surface area contributed by atoms with Crippen LogP contribution >= 0.6 is 0 Å². The molecule has 1 heterocycles. The number of hydrogen-bond donors (Lipinski definition) is 2. The lowest BCUT2D eigenvalue weighted by Gasteiger charge is -2.07. The van der Waals surface area contributed by atoms with Crippen LogP contribution < -0.4 is 10.6 Å². The van der Waals surface area contributed by atoms with Gasteiger partial charge in [-0.2, -0.15) is 13.2 Å². The van der Waals surface area contributed by atoms with Crippen LogP contribution in [0, 0.1) is 0 Å². The highest BCUT2D eigenvalue weighted by molar-refractivity contribution is 7.89. The highest BCUT2D eigenvalue weighted by atomic mass is 32.2. The van der Waals surface area contributed by atoms with Crippen molar-refractivity contribution in [3.05, 3.63) is 18.0 Å². The number of aryl methyl sites for hydroxylation is 1. The zero-order valence-electron chi connectivity index (χ0n) is 9.56. The number of nitrogens with two attached hydrogens (primary N) is 1. The number of hydrogen-bond acceptors (Lipinski definition) is 4. The van der Waals surface area contributed by atoms with Gasteiger partial charge in [-0.25, -0.2) is 8.42 Å². The average molecular weight is 301 g/mol. The van der Waals surface area contributed by atoms with E-state index in [0.717, 1.165) is 16.8 Å². The Labute approximate surface area is 106 Å². The number of halogens is 3. The lowest BCUT2D eigenvalue weighted by Crippen LogP contribution is -2.29. The maximum Gasteiger partial charge on any atom is 0.413 e. The van der Waals surface area contributed by atoms with E-state index in [4.69, 9.17) is 5.73 Å². The number of sulfonamides is 1. The first-order valence-corrected chi connectivity index (χ1v) is 6.18. The van der Waals surface area contributed by atoms with Crippen LogP contribution in [0.15, 0.2) is 17.2 Å². The Morgan fingerprint density at radius 2 is 2.11 bits per heavy atom. The van der Waals surface area contributed by atoms with Crippen LogP contribution in [0.25, 0.3) is 0 Å². The molecule has 1 aromatic rings. The van der Waals surface area contributed by atoms with Crippen molar-refractivity contribution in [3.8, 4) is 0 Å². The highest BCUT2D eigenvalue weighted by Crippen LogP contribution is 2.16. The van der Waals surface area contributed by atoms with E-state index in [1.54, 1.807) is 0 Å². The summed E-state index contributed by atoms with van der Waals surface area (Å²) in [4.78, 5) is 15.6. The average Bonchev–Trinajstić information content (AvgIpc) is 2.58. The fraction of sp³-hybridized carbons (Fsp3) is 0.375. The van der Waals surface area contributed by atoms with Gasteiger partial charge in [0.05, 0.1) is 0 Å². The molecule has 7 nitrogen and oxygen atoms in total. The topological polar surface area (TPSA) is 103 Å². The number of rotatable bonds is 5. The third kappa shape index (κ3) is 4.22. The summed E-state index contributed by atoms with van der Waals surface area (Å²) < 4.78 is 59.5. The summed E-state index contributed by atoms with van der Waals surface area (Å²) in [6.45, 7) is -1.78. The van der Waals surface area contributed by atoms with E-state index in [1.807, 2.05) is 0 Å². The second-order valence-corrected chi connectivity index (χ2v) is 5.17. The van der Waals surface area contributed by atoms with Crippen molar-refractivity contribution < 1.29 is 31.2 Å². The van der Waals surface area contributed by atoms with Crippen LogP contribution in [-0.2, 0) is 21.9 Å². The summed E-state index contributed by atoms with van der Waals surface area (Å²) in [6, 6.07) is 0.918. The van der Waals surface area contributed by atoms with Crippen LogP contribution in [0.3, 0.4) is 0 Å². The molecule has 0 atom stereocenters. The van der Waals surface area contributed by atoms with Crippen LogP contribution in [0.4, 0.5) is 13.2 Å². The van der Waals surface area contributed by atoms with Crippen molar-refractivity contribution in [3.63, 3.8) is 0 Å². The number of alkyl halides is 3. The number of nitrogens with zero attached hydrogens (tertiary/aromatic N) is 1. The SMILES string of the molecule is Cn1cc(S(=O)(=O)NOCC(F)(F)F)cc1C(N)=O. The van der Waals surface area contributed by atoms with Gasteiger partial charge in [-0.3, -0.25) is 9.63 Å². The summed E-state index contributed by atoms with van der Waals surface area (Å²) in [5.41, 5.74) is 4.86. The summed E-state index contributed by atoms with van der Waals surface area (Å²) in [7, 11) is -2.96. The minimum atomic E-state index is -4.67. The first-order valence-electron chi connectivity index (χ1n) is 4.69. The fourth-order valence-electron chi connectivity index (χ4n) is 1.16. The van der Waals surface area contributed by atoms with Crippen LogP contribution in [0.1, 0.15) is 10.5 Å². The van der Waals surface area contributed by atoms with Gasteiger partial charge in [-0.1, -0.05) is 4.89 Å². The zero-order chi connectivity index (χ0) is 14.8. The van der Waals surface area contributed by atoms with Crippen molar-refractivity contribution in [1.29, 1.82) is 0 Å². The van der Waals surface area contributed by atoms with Gasteiger partial charge in [0.2, 0.25) is 0 Å². The van der Waals surface area contributed by atoms with E-state index in [1.165, 1.54) is 11.9 Å². The molecule has 0 saturated heterocycles. The van der Waals surface area contributed by atoms with Crippen molar-refractivity contribution >= 4 is 15.9 Å². The van der Waals surface area contributed by atoms with Crippen molar-refractivity contribution in [2.45, 2.75) is 11.1 Å². The zero-order valence-corrected chi connectivity index (χ0v) is 10.4. The largest absolute Gasteiger partial charge is 0.413 e. The van der Waals surface area contributed by atoms with Gasteiger partial charge in [-0.15, -0.1) is 0 Å². The molecule has 0 bridgehead atoms. The van der Waals surface area contributed by atoms with E-state index >= 15 is 0 Å². The Morgan fingerprint density at radius 3 is 2.53 bits per heavy atom. The quantitative estimate of drug-likeness (QED) is 0.741. The van der Waals surface area contributed by atoms with Crippen molar-refractivity contribution in [2.24, 2.45) is 12.8 Å². The van der Waals surface area contributed by atoms with E-state index in [2.05, 4.69) is 4.84 Å². The summed E-state index contributed by atoms with van der Waals surface area (Å²) in [5.74, 6) is -0.875. The molecular formula is C8H10F3N3O4S. The first kappa shape index (κ1) is 15.5.